The number of carbonyl (C=O) groups is 2. The average molecular weight is 501 g/mol. The van der Waals surface area contributed by atoms with Gasteiger partial charge in [0.2, 0.25) is 11.8 Å². The molecule has 1 heterocycles. The Morgan fingerprint density at radius 2 is 1.64 bits per heavy atom. The van der Waals surface area contributed by atoms with Gasteiger partial charge in [-0.1, -0.05) is 46.6 Å². The molecule has 1 aromatic heterocycles. The highest BCUT2D eigenvalue weighted by atomic mass is 16.5. The Hall–Kier alpha value is -2.96. The monoisotopic (exact) mass is 500 g/mol. The Kier molecular flexibility index (Phi) is 11.3. The van der Waals surface area contributed by atoms with E-state index in [1.807, 2.05) is 58.0 Å². The van der Waals surface area contributed by atoms with E-state index in [1.54, 1.807) is 24.0 Å². The summed E-state index contributed by atoms with van der Waals surface area (Å²) < 4.78 is 16.5. The van der Waals surface area contributed by atoms with Crippen LogP contribution < -0.4 is 9.47 Å². The molecule has 0 saturated heterocycles. The molecule has 7 nitrogen and oxygen atoms in total. The Balaban J connectivity index is 2.19. The highest BCUT2D eigenvalue weighted by molar-refractivity contribution is 5.85. The van der Waals surface area contributed by atoms with Crippen molar-refractivity contribution >= 4 is 11.8 Å². The largest absolute Gasteiger partial charge is 0.493 e. The highest BCUT2D eigenvalue weighted by Gasteiger charge is 2.25. The maximum Gasteiger partial charge on any atom is 0.242 e. The van der Waals surface area contributed by atoms with E-state index in [4.69, 9.17) is 13.9 Å². The number of ether oxygens (including phenoxy) is 2. The van der Waals surface area contributed by atoms with E-state index < -0.39 is 0 Å². The summed E-state index contributed by atoms with van der Waals surface area (Å²) in [5.74, 6) is 2.80. The smallest absolute Gasteiger partial charge is 0.242 e. The molecule has 0 bridgehead atoms. The van der Waals surface area contributed by atoms with Crippen molar-refractivity contribution in [1.29, 1.82) is 0 Å². The first-order valence-electron chi connectivity index (χ1n) is 12.9. The summed E-state index contributed by atoms with van der Waals surface area (Å²) in [4.78, 5) is 30.2. The Labute approximate surface area is 216 Å². The summed E-state index contributed by atoms with van der Waals surface area (Å²) in [6, 6.07) is 9.58. The molecular formula is C29H44N2O5. The molecule has 0 atom stereocenters. The number of hydrogen-bond donors (Lipinski definition) is 0. The first kappa shape index (κ1) is 29.3. The van der Waals surface area contributed by atoms with Crippen molar-refractivity contribution in [2.45, 2.75) is 73.3 Å². The predicted octanol–water partition coefficient (Wildman–Crippen LogP) is 5.63. The first-order valence-corrected chi connectivity index (χ1v) is 12.9. The fourth-order valence-electron chi connectivity index (χ4n) is 4.02. The Morgan fingerprint density at radius 1 is 0.917 bits per heavy atom. The van der Waals surface area contributed by atoms with E-state index in [0.717, 1.165) is 36.3 Å². The average Bonchev–Trinajstić information content (AvgIpc) is 3.24. The summed E-state index contributed by atoms with van der Waals surface area (Å²) in [6.45, 7) is 11.7. The third-order valence-electron chi connectivity index (χ3n) is 6.01. The predicted molar refractivity (Wildman–Crippen MR) is 142 cm³/mol. The van der Waals surface area contributed by atoms with Gasteiger partial charge in [-0.05, 0) is 55.0 Å². The van der Waals surface area contributed by atoms with Crippen LogP contribution in [0.25, 0.3) is 0 Å². The third kappa shape index (κ3) is 9.59. The molecule has 0 unspecified atom stereocenters. The van der Waals surface area contributed by atoms with Crippen LogP contribution in [0.4, 0.5) is 0 Å². The van der Waals surface area contributed by atoms with Gasteiger partial charge < -0.3 is 23.7 Å². The van der Waals surface area contributed by atoms with Crippen molar-refractivity contribution in [3.05, 3.63) is 47.4 Å². The van der Waals surface area contributed by atoms with E-state index in [2.05, 4.69) is 6.92 Å². The van der Waals surface area contributed by atoms with E-state index in [9.17, 15) is 9.59 Å². The number of hydrogen-bond acceptors (Lipinski definition) is 5. The molecule has 0 aliphatic rings. The van der Waals surface area contributed by atoms with Crippen LogP contribution >= 0.6 is 0 Å². The molecule has 0 N–H and O–H groups in total. The van der Waals surface area contributed by atoms with Gasteiger partial charge in [0.25, 0.3) is 0 Å². The molecule has 2 rings (SSSR count). The van der Waals surface area contributed by atoms with Gasteiger partial charge in [-0.2, -0.15) is 0 Å². The molecule has 1 aromatic carbocycles. The van der Waals surface area contributed by atoms with E-state index in [0.29, 0.717) is 44.0 Å². The second kappa shape index (κ2) is 14.0. The zero-order valence-corrected chi connectivity index (χ0v) is 23.2. The molecule has 0 fully saturated rings. The van der Waals surface area contributed by atoms with Crippen LogP contribution in [0.3, 0.4) is 0 Å². The number of aryl methyl sites for hydroxylation is 1. The SMILES string of the molecule is CCCCCN(CC(=O)N(CCc1ccc(OC)c(OC)c1)Cc1ccc(C)o1)C(=O)CC(C)(C)C. The molecule has 2 amide bonds. The van der Waals surface area contributed by atoms with Crippen LogP contribution in [0.1, 0.15) is 70.5 Å². The van der Waals surface area contributed by atoms with Crippen molar-refractivity contribution in [2.75, 3.05) is 33.9 Å². The van der Waals surface area contributed by atoms with Crippen molar-refractivity contribution in [2.24, 2.45) is 5.41 Å². The molecule has 0 saturated carbocycles. The lowest BCUT2D eigenvalue weighted by atomic mass is 9.91. The van der Waals surface area contributed by atoms with Crippen molar-refractivity contribution in [3.8, 4) is 11.5 Å². The van der Waals surface area contributed by atoms with E-state index >= 15 is 0 Å². The molecule has 200 valence electrons. The zero-order chi connectivity index (χ0) is 26.7. The topological polar surface area (TPSA) is 72.2 Å². The third-order valence-corrected chi connectivity index (χ3v) is 6.01. The number of nitrogens with zero attached hydrogens (tertiary/aromatic N) is 2. The molecule has 0 radical (unpaired) electrons. The van der Waals surface area contributed by atoms with Crippen LogP contribution in [-0.4, -0.2) is 55.5 Å². The Morgan fingerprint density at radius 3 is 2.22 bits per heavy atom. The first-order chi connectivity index (χ1) is 17.1. The van der Waals surface area contributed by atoms with Gasteiger partial charge in [-0.15, -0.1) is 0 Å². The highest BCUT2D eigenvalue weighted by Crippen LogP contribution is 2.28. The number of carbonyl (C=O) groups excluding carboxylic acids is 2. The van der Waals surface area contributed by atoms with E-state index in [-0.39, 0.29) is 23.8 Å². The fourth-order valence-corrected chi connectivity index (χ4v) is 4.02. The zero-order valence-electron chi connectivity index (χ0n) is 23.2. The standard InChI is InChI=1S/C29H44N2O5/c1-8-9-10-16-30(27(32)19-29(3,4)5)21-28(33)31(20-24-13-11-22(2)36-24)17-15-23-12-14-25(34-6)26(18-23)35-7/h11-14,18H,8-10,15-17,19-21H2,1-7H3. The van der Waals surface area contributed by atoms with Gasteiger partial charge in [-0.25, -0.2) is 0 Å². The van der Waals surface area contributed by atoms with Gasteiger partial charge >= 0.3 is 0 Å². The quantitative estimate of drug-likeness (QED) is 0.314. The summed E-state index contributed by atoms with van der Waals surface area (Å²) in [6.07, 6.45) is 4.03. The number of amides is 2. The van der Waals surface area contributed by atoms with Crippen molar-refractivity contribution in [1.82, 2.24) is 9.80 Å². The maximum absolute atomic E-state index is 13.6. The summed E-state index contributed by atoms with van der Waals surface area (Å²) in [5.41, 5.74) is 0.895. The van der Waals surface area contributed by atoms with Gasteiger partial charge in [-0.3, -0.25) is 9.59 Å². The fraction of sp³-hybridized carbons (Fsp3) is 0.586. The maximum atomic E-state index is 13.6. The van der Waals surface area contributed by atoms with Crippen molar-refractivity contribution < 1.29 is 23.5 Å². The molecular weight excluding hydrogens is 456 g/mol. The summed E-state index contributed by atoms with van der Waals surface area (Å²) in [5, 5.41) is 0. The lowest BCUT2D eigenvalue weighted by Crippen LogP contribution is -2.44. The molecule has 7 heteroatoms. The van der Waals surface area contributed by atoms with E-state index in [1.165, 1.54) is 0 Å². The number of unbranched alkanes of at least 4 members (excludes halogenated alkanes) is 2. The molecule has 2 aromatic rings. The minimum absolute atomic E-state index is 0.0284. The van der Waals surface area contributed by atoms with Crippen molar-refractivity contribution in [3.63, 3.8) is 0 Å². The molecule has 36 heavy (non-hydrogen) atoms. The van der Waals surface area contributed by atoms with Gasteiger partial charge in [0.05, 0.1) is 27.3 Å². The number of methoxy groups -OCH3 is 2. The lowest BCUT2D eigenvalue weighted by Gasteiger charge is -2.29. The van der Waals surface area contributed by atoms with Crippen LogP contribution in [-0.2, 0) is 22.6 Å². The van der Waals surface area contributed by atoms with Crippen LogP contribution in [0, 0.1) is 12.3 Å². The summed E-state index contributed by atoms with van der Waals surface area (Å²) >= 11 is 0. The summed E-state index contributed by atoms with van der Waals surface area (Å²) in [7, 11) is 3.22. The minimum atomic E-state index is -0.137. The molecule has 0 aliphatic heterocycles. The Bertz CT molecular complexity index is 976. The normalized spacial score (nSPS) is 11.3. The van der Waals surface area contributed by atoms with Crippen LogP contribution in [0.2, 0.25) is 0 Å². The second-order valence-electron chi connectivity index (χ2n) is 10.5. The second-order valence-corrected chi connectivity index (χ2v) is 10.5. The number of rotatable bonds is 14. The number of benzene rings is 1. The van der Waals surface area contributed by atoms with Crippen LogP contribution in [0.15, 0.2) is 34.7 Å². The lowest BCUT2D eigenvalue weighted by molar-refractivity contribution is -0.142. The minimum Gasteiger partial charge on any atom is -0.493 e. The van der Waals surface area contributed by atoms with Gasteiger partial charge in [0, 0.05) is 19.5 Å². The molecule has 0 spiro atoms. The van der Waals surface area contributed by atoms with Gasteiger partial charge in [0.15, 0.2) is 11.5 Å². The number of furan rings is 1. The van der Waals surface area contributed by atoms with Gasteiger partial charge in [0.1, 0.15) is 11.5 Å². The van der Waals surface area contributed by atoms with Crippen LogP contribution in [0.5, 0.6) is 11.5 Å². The molecule has 0 aliphatic carbocycles.